The van der Waals surface area contributed by atoms with Gasteiger partial charge in [-0.15, -0.1) is 0 Å². The number of esters is 1. The number of carbonyl (C=O) groups excluding carboxylic acids is 2. The average Bonchev–Trinajstić information content (AvgIpc) is 3.33. The third-order valence-corrected chi connectivity index (χ3v) is 7.61. The zero-order valence-corrected chi connectivity index (χ0v) is 21.3. The zero-order valence-electron chi connectivity index (χ0n) is 21.3. The fraction of sp³-hybridized carbons (Fsp3) is 0.464. The van der Waals surface area contributed by atoms with Crippen LogP contribution < -0.4 is 4.90 Å². The number of carbonyl (C=O) groups is 2. The summed E-state index contributed by atoms with van der Waals surface area (Å²) in [6.07, 6.45) is 2.85. The molecule has 3 aromatic rings. The number of nitrogens with zero attached hydrogens (tertiary/aromatic N) is 4. The lowest BCUT2D eigenvalue weighted by Crippen LogP contribution is -2.38. The molecule has 1 saturated heterocycles. The van der Waals surface area contributed by atoms with Crippen molar-refractivity contribution in [1.82, 2.24) is 14.5 Å². The van der Waals surface area contributed by atoms with Gasteiger partial charge in [0.2, 0.25) is 5.95 Å². The largest absolute Gasteiger partial charge is 0.469 e. The van der Waals surface area contributed by atoms with Gasteiger partial charge in [0.05, 0.1) is 37.7 Å². The zero-order chi connectivity index (χ0) is 25.2. The topological polar surface area (TPSA) is 76.9 Å². The summed E-state index contributed by atoms with van der Waals surface area (Å²) in [5, 5.41) is 0. The van der Waals surface area contributed by atoms with Crippen LogP contribution in [0, 0.1) is 5.92 Å². The molecule has 0 aliphatic carbocycles. The van der Waals surface area contributed by atoms with Gasteiger partial charge in [0.1, 0.15) is 0 Å². The molecule has 36 heavy (non-hydrogen) atoms. The summed E-state index contributed by atoms with van der Waals surface area (Å²) in [5.74, 6) is 0.741. The monoisotopic (exact) mass is 490 g/mol. The third-order valence-electron chi connectivity index (χ3n) is 7.61. The van der Waals surface area contributed by atoms with E-state index in [-0.39, 0.29) is 24.0 Å². The molecule has 1 amide bonds. The van der Waals surface area contributed by atoms with Gasteiger partial charge in [-0.05, 0) is 49.8 Å². The van der Waals surface area contributed by atoms with Gasteiger partial charge in [-0.3, -0.25) is 4.79 Å². The van der Waals surface area contributed by atoms with E-state index in [1.54, 1.807) is 4.90 Å². The van der Waals surface area contributed by atoms with Crippen LogP contribution in [0.15, 0.2) is 42.5 Å². The quantitative estimate of drug-likeness (QED) is 0.495. The molecular formula is C28H34N4O4. The highest BCUT2D eigenvalue weighted by molar-refractivity contribution is 5.85. The first kappa shape index (κ1) is 24.2. The van der Waals surface area contributed by atoms with Crippen LogP contribution in [0.25, 0.3) is 11.0 Å². The lowest BCUT2D eigenvalue weighted by molar-refractivity contribution is -0.146. The third kappa shape index (κ3) is 4.52. The van der Waals surface area contributed by atoms with Gasteiger partial charge in [-0.1, -0.05) is 36.4 Å². The SMILES string of the molecule is COC(=O)C1CCN(c2nc3c4c(ccc3n2[C@H](C)Cc2ccccc2)CCN(C(=O)OC)C4)CC1. The maximum Gasteiger partial charge on any atom is 0.409 e. The van der Waals surface area contributed by atoms with E-state index >= 15 is 0 Å². The lowest BCUT2D eigenvalue weighted by atomic mass is 9.97. The molecular weight excluding hydrogens is 456 g/mol. The Bertz CT molecular complexity index is 1250. The van der Waals surface area contributed by atoms with Crippen LogP contribution in [0.4, 0.5) is 10.7 Å². The van der Waals surface area contributed by atoms with Crippen LogP contribution in [-0.4, -0.2) is 60.4 Å². The van der Waals surface area contributed by atoms with E-state index in [0.29, 0.717) is 13.1 Å². The molecule has 0 spiro atoms. The van der Waals surface area contributed by atoms with Gasteiger partial charge in [0.25, 0.3) is 0 Å². The first-order valence-corrected chi connectivity index (χ1v) is 12.7. The Morgan fingerprint density at radius 1 is 1.03 bits per heavy atom. The van der Waals surface area contributed by atoms with E-state index in [1.165, 1.54) is 25.3 Å². The number of benzene rings is 2. The van der Waals surface area contributed by atoms with E-state index in [1.807, 2.05) is 6.07 Å². The van der Waals surface area contributed by atoms with Crippen molar-refractivity contribution in [1.29, 1.82) is 0 Å². The van der Waals surface area contributed by atoms with Crippen molar-refractivity contribution in [2.24, 2.45) is 5.92 Å². The summed E-state index contributed by atoms with van der Waals surface area (Å²) in [5.41, 5.74) is 5.64. The van der Waals surface area contributed by atoms with Crippen LogP contribution in [-0.2, 0) is 33.7 Å². The van der Waals surface area contributed by atoms with E-state index in [9.17, 15) is 9.59 Å². The molecule has 190 valence electrons. The van der Waals surface area contributed by atoms with Crippen molar-refractivity contribution in [3.63, 3.8) is 0 Å². The fourth-order valence-electron chi connectivity index (χ4n) is 5.65. The van der Waals surface area contributed by atoms with E-state index in [4.69, 9.17) is 14.5 Å². The average molecular weight is 491 g/mol. The number of imidazole rings is 1. The normalized spacial score (nSPS) is 17.1. The van der Waals surface area contributed by atoms with Crippen molar-refractivity contribution >= 4 is 29.0 Å². The summed E-state index contributed by atoms with van der Waals surface area (Å²) < 4.78 is 12.3. The molecule has 1 atom stereocenters. The second-order valence-corrected chi connectivity index (χ2v) is 9.82. The highest BCUT2D eigenvalue weighted by atomic mass is 16.5. The molecule has 1 aromatic heterocycles. The highest BCUT2D eigenvalue weighted by Crippen LogP contribution is 2.35. The summed E-state index contributed by atoms with van der Waals surface area (Å²) in [4.78, 5) is 33.6. The fourth-order valence-corrected chi connectivity index (χ4v) is 5.65. The van der Waals surface area contributed by atoms with Crippen LogP contribution in [0.5, 0.6) is 0 Å². The number of aromatic nitrogens is 2. The minimum Gasteiger partial charge on any atom is -0.469 e. The number of rotatable bonds is 5. The summed E-state index contributed by atoms with van der Waals surface area (Å²) in [6.45, 7) is 4.87. The molecule has 0 bridgehead atoms. The number of hydrogen-bond acceptors (Lipinski definition) is 6. The number of ether oxygens (including phenoxy) is 2. The van der Waals surface area contributed by atoms with Gasteiger partial charge < -0.3 is 23.8 Å². The van der Waals surface area contributed by atoms with Gasteiger partial charge in [0.15, 0.2) is 0 Å². The molecule has 0 radical (unpaired) electrons. The molecule has 2 aromatic carbocycles. The van der Waals surface area contributed by atoms with Crippen molar-refractivity contribution in [3.8, 4) is 0 Å². The van der Waals surface area contributed by atoms with Crippen LogP contribution in [0.2, 0.25) is 0 Å². The van der Waals surface area contributed by atoms with Gasteiger partial charge in [-0.2, -0.15) is 0 Å². The van der Waals surface area contributed by atoms with E-state index < -0.39 is 0 Å². The number of fused-ring (bicyclic) bond motifs is 3. The predicted octanol–water partition coefficient (Wildman–Crippen LogP) is 4.35. The molecule has 8 heteroatoms. The molecule has 0 unspecified atom stereocenters. The molecule has 8 nitrogen and oxygen atoms in total. The van der Waals surface area contributed by atoms with Crippen molar-refractivity contribution < 1.29 is 19.1 Å². The standard InChI is InChI=1S/C28H34N4O4/c1-19(17-20-7-5-4-6-8-20)32-24-10-9-21-11-16-31(28(34)36-3)18-23(21)25(24)29-27(32)30-14-12-22(13-15-30)26(33)35-2/h4-10,19,22H,11-18H2,1-3H3/t19-/m1/s1. The Kier molecular flexibility index (Phi) is 6.85. The number of anilines is 1. The second kappa shape index (κ2) is 10.2. The van der Waals surface area contributed by atoms with Crippen molar-refractivity contribution in [3.05, 3.63) is 59.2 Å². The Morgan fingerprint density at radius 2 is 1.78 bits per heavy atom. The molecule has 1 fully saturated rings. The first-order chi connectivity index (χ1) is 17.5. The Balaban J connectivity index is 1.55. The first-order valence-electron chi connectivity index (χ1n) is 12.7. The van der Waals surface area contributed by atoms with Gasteiger partial charge in [0, 0.05) is 31.2 Å². The summed E-state index contributed by atoms with van der Waals surface area (Å²) in [6, 6.07) is 15.0. The second-order valence-electron chi connectivity index (χ2n) is 9.82. The Hall–Kier alpha value is -3.55. The minimum absolute atomic E-state index is 0.0628. The lowest BCUT2D eigenvalue weighted by Gasteiger charge is -2.33. The van der Waals surface area contributed by atoms with Crippen molar-refractivity contribution in [2.45, 2.75) is 45.2 Å². The molecule has 2 aliphatic heterocycles. The summed E-state index contributed by atoms with van der Waals surface area (Å²) in [7, 11) is 2.88. The Labute approximate surface area is 211 Å². The molecule has 3 heterocycles. The van der Waals surface area contributed by atoms with Crippen molar-refractivity contribution in [2.75, 3.05) is 38.8 Å². The molecule has 2 aliphatic rings. The number of hydrogen-bond donors (Lipinski definition) is 0. The highest BCUT2D eigenvalue weighted by Gasteiger charge is 2.31. The van der Waals surface area contributed by atoms with E-state index in [2.05, 4.69) is 52.8 Å². The van der Waals surface area contributed by atoms with Crippen LogP contribution >= 0.6 is 0 Å². The molecule has 0 N–H and O–H groups in total. The molecule has 5 rings (SSSR count). The van der Waals surface area contributed by atoms with Crippen LogP contribution in [0.1, 0.15) is 42.5 Å². The summed E-state index contributed by atoms with van der Waals surface area (Å²) >= 11 is 0. The van der Waals surface area contributed by atoms with Gasteiger partial charge >= 0.3 is 12.1 Å². The minimum atomic E-state index is -0.306. The number of methoxy groups -OCH3 is 2. The predicted molar refractivity (Wildman–Crippen MR) is 138 cm³/mol. The maximum atomic E-state index is 12.3. The molecule has 0 saturated carbocycles. The maximum absolute atomic E-state index is 12.3. The Morgan fingerprint density at radius 3 is 2.47 bits per heavy atom. The van der Waals surface area contributed by atoms with Gasteiger partial charge in [-0.25, -0.2) is 9.78 Å². The number of piperidine rings is 1. The van der Waals surface area contributed by atoms with E-state index in [0.717, 1.165) is 61.3 Å². The smallest absolute Gasteiger partial charge is 0.409 e. The number of amides is 1. The van der Waals surface area contributed by atoms with Crippen LogP contribution in [0.3, 0.4) is 0 Å².